The summed E-state index contributed by atoms with van der Waals surface area (Å²) in [4.78, 5) is 4.76. The third-order valence-corrected chi connectivity index (χ3v) is 4.15. The Bertz CT molecular complexity index is 857. The Balaban J connectivity index is 1.93. The topological polar surface area (TPSA) is 42.4 Å². The van der Waals surface area contributed by atoms with Crippen LogP contribution >= 0.6 is 0 Å². The molecule has 0 saturated carbocycles. The predicted molar refractivity (Wildman–Crippen MR) is 103 cm³/mol. The first-order valence-electron chi connectivity index (χ1n) is 8.63. The van der Waals surface area contributed by atoms with Crippen LogP contribution in [-0.2, 0) is 6.61 Å². The van der Waals surface area contributed by atoms with Crippen LogP contribution < -0.4 is 4.74 Å². The number of allylic oxidation sites excluding steroid dienone is 1. The van der Waals surface area contributed by atoms with E-state index in [1.54, 1.807) is 0 Å². The van der Waals surface area contributed by atoms with Gasteiger partial charge in [-0.05, 0) is 43.5 Å². The minimum Gasteiger partial charge on any atom is -0.488 e. The van der Waals surface area contributed by atoms with Crippen LogP contribution in [0.15, 0.2) is 60.7 Å². The van der Waals surface area contributed by atoms with E-state index >= 15 is 0 Å². The highest BCUT2D eigenvalue weighted by Crippen LogP contribution is 2.31. The van der Waals surface area contributed by atoms with Gasteiger partial charge in [0.1, 0.15) is 12.4 Å². The number of pyridine rings is 1. The molecule has 1 aromatic heterocycles. The average molecular weight is 333 g/mol. The van der Waals surface area contributed by atoms with Gasteiger partial charge in [-0.3, -0.25) is 0 Å². The second-order valence-electron chi connectivity index (χ2n) is 6.01. The lowest BCUT2D eigenvalue weighted by Crippen LogP contribution is -2.00. The van der Waals surface area contributed by atoms with Gasteiger partial charge >= 0.3 is 0 Å². The van der Waals surface area contributed by atoms with Crippen molar-refractivity contribution in [2.75, 3.05) is 6.61 Å². The summed E-state index contributed by atoms with van der Waals surface area (Å²) in [5, 5.41) is 9.94. The largest absolute Gasteiger partial charge is 0.488 e. The van der Waals surface area contributed by atoms with Gasteiger partial charge in [0.25, 0.3) is 0 Å². The fourth-order valence-electron chi connectivity index (χ4n) is 2.78. The van der Waals surface area contributed by atoms with Crippen LogP contribution in [0.2, 0.25) is 0 Å². The summed E-state index contributed by atoms with van der Waals surface area (Å²) in [6.07, 6.45) is 5.68. The van der Waals surface area contributed by atoms with Gasteiger partial charge in [-0.15, -0.1) is 0 Å². The van der Waals surface area contributed by atoms with Crippen molar-refractivity contribution in [2.24, 2.45) is 0 Å². The Labute approximate surface area is 148 Å². The van der Waals surface area contributed by atoms with Gasteiger partial charge < -0.3 is 9.84 Å². The van der Waals surface area contributed by atoms with Crippen LogP contribution in [-0.4, -0.2) is 16.7 Å². The molecule has 3 heteroatoms. The zero-order valence-electron chi connectivity index (χ0n) is 14.5. The SMILES string of the molecule is Cc1c(C=CCCCO)nc2ccccc2c1OCc1ccccc1. The fraction of sp³-hybridized carbons (Fsp3) is 0.227. The molecule has 0 aliphatic carbocycles. The van der Waals surface area contributed by atoms with Gasteiger partial charge in [0.2, 0.25) is 0 Å². The molecule has 0 aliphatic rings. The molecule has 3 rings (SSSR count). The molecule has 0 aliphatic heterocycles. The van der Waals surface area contributed by atoms with Crippen molar-refractivity contribution >= 4 is 17.0 Å². The first-order valence-corrected chi connectivity index (χ1v) is 8.63. The lowest BCUT2D eigenvalue weighted by Gasteiger charge is -2.14. The lowest BCUT2D eigenvalue weighted by atomic mass is 10.1. The normalized spacial score (nSPS) is 11.3. The molecule has 1 N–H and O–H groups in total. The maximum Gasteiger partial charge on any atom is 0.134 e. The molecular formula is C22H23NO2. The molecule has 0 saturated heterocycles. The van der Waals surface area contributed by atoms with Crippen LogP contribution in [0.5, 0.6) is 5.75 Å². The van der Waals surface area contributed by atoms with Crippen molar-refractivity contribution in [3.63, 3.8) is 0 Å². The highest BCUT2D eigenvalue weighted by Gasteiger charge is 2.11. The molecule has 3 aromatic rings. The van der Waals surface area contributed by atoms with Crippen molar-refractivity contribution in [1.29, 1.82) is 0 Å². The molecule has 25 heavy (non-hydrogen) atoms. The van der Waals surface area contributed by atoms with Crippen molar-refractivity contribution in [2.45, 2.75) is 26.4 Å². The summed E-state index contributed by atoms with van der Waals surface area (Å²) >= 11 is 0. The van der Waals surface area contributed by atoms with Gasteiger partial charge in [0.15, 0.2) is 0 Å². The van der Waals surface area contributed by atoms with Crippen molar-refractivity contribution < 1.29 is 9.84 Å². The Morgan fingerprint density at radius 2 is 1.80 bits per heavy atom. The summed E-state index contributed by atoms with van der Waals surface area (Å²) in [5.41, 5.74) is 4.02. The number of benzene rings is 2. The maximum atomic E-state index is 8.91. The van der Waals surface area contributed by atoms with E-state index in [-0.39, 0.29) is 6.61 Å². The number of nitrogens with zero attached hydrogens (tertiary/aromatic N) is 1. The number of aliphatic hydroxyl groups excluding tert-OH is 1. The number of aliphatic hydroxyl groups is 1. The summed E-state index contributed by atoms with van der Waals surface area (Å²) in [6.45, 7) is 2.79. The molecule has 3 nitrogen and oxygen atoms in total. The minimum atomic E-state index is 0.208. The van der Waals surface area contributed by atoms with Gasteiger partial charge in [-0.25, -0.2) is 4.98 Å². The van der Waals surface area contributed by atoms with Crippen LogP contribution in [0.3, 0.4) is 0 Å². The Kier molecular flexibility index (Phi) is 5.81. The third-order valence-electron chi connectivity index (χ3n) is 4.15. The van der Waals surface area contributed by atoms with E-state index in [2.05, 4.69) is 24.3 Å². The zero-order valence-corrected chi connectivity index (χ0v) is 14.5. The van der Waals surface area contributed by atoms with Gasteiger partial charge in [0, 0.05) is 17.6 Å². The van der Waals surface area contributed by atoms with E-state index in [0.29, 0.717) is 6.61 Å². The Morgan fingerprint density at radius 1 is 1.04 bits per heavy atom. The molecule has 0 atom stereocenters. The van der Waals surface area contributed by atoms with Crippen LogP contribution in [0.4, 0.5) is 0 Å². The first-order chi connectivity index (χ1) is 12.3. The van der Waals surface area contributed by atoms with Gasteiger partial charge in [-0.2, -0.15) is 0 Å². The smallest absolute Gasteiger partial charge is 0.134 e. The molecule has 0 radical (unpaired) electrons. The van der Waals surface area contributed by atoms with E-state index in [0.717, 1.165) is 46.3 Å². The number of fused-ring (bicyclic) bond motifs is 1. The van der Waals surface area contributed by atoms with E-state index in [4.69, 9.17) is 14.8 Å². The summed E-state index contributed by atoms with van der Waals surface area (Å²) in [6, 6.07) is 18.2. The predicted octanol–water partition coefficient (Wildman–Crippen LogP) is 4.91. The van der Waals surface area contributed by atoms with Gasteiger partial charge in [-0.1, -0.05) is 48.5 Å². The highest BCUT2D eigenvalue weighted by atomic mass is 16.5. The molecule has 1 heterocycles. The molecule has 128 valence electrons. The average Bonchev–Trinajstić information content (AvgIpc) is 2.66. The fourth-order valence-corrected chi connectivity index (χ4v) is 2.78. The van der Waals surface area contributed by atoms with E-state index in [9.17, 15) is 0 Å². The summed E-state index contributed by atoms with van der Waals surface area (Å²) < 4.78 is 6.19. The van der Waals surface area contributed by atoms with Crippen molar-refractivity contribution in [3.8, 4) is 5.75 Å². The van der Waals surface area contributed by atoms with E-state index < -0.39 is 0 Å². The number of hydrogen-bond acceptors (Lipinski definition) is 3. The van der Waals surface area contributed by atoms with Crippen LogP contribution in [0.25, 0.3) is 17.0 Å². The number of aromatic nitrogens is 1. The molecule has 2 aromatic carbocycles. The molecule has 0 bridgehead atoms. The number of para-hydroxylation sites is 1. The Morgan fingerprint density at radius 3 is 2.60 bits per heavy atom. The minimum absolute atomic E-state index is 0.208. The van der Waals surface area contributed by atoms with Crippen LogP contribution in [0.1, 0.15) is 29.7 Å². The second-order valence-corrected chi connectivity index (χ2v) is 6.01. The summed E-state index contributed by atoms with van der Waals surface area (Å²) in [7, 11) is 0. The standard InChI is InChI=1S/C22H23NO2/c1-17-20(13-6-3-9-15-24)23-21-14-8-7-12-19(21)22(17)25-16-18-10-4-2-5-11-18/h2,4-8,10-14,24H,3,9,15-16H2,1H3. The number of ether oxygens (including phenoxy) is 1. The number of hydrogen-bond donors (Lipinski definition) is 1. The van der Waals surface area contributed by atoms with E-state index in [1.165, 1.54) is 0 Å². The summed E-state index contributed by atoms with van der Waals surface area (Å²) in [5.74, 6) is 0.885. The second kappa shape index (κ2) is 8.45. The number of rotatable bonds is 7. The first kappa shape index (κ1) is 17.2. The molecular weight excluding hydrogens is 310 g/mol. The quantitative estimate of drug-likeness (QED) is 0.625. The molecule has 0 fully saturated rings. The third kappa shape index (κ3) is 4.25. The lowest BCUT2D eigenvalue weighted by molar-refractivity contribution is 0.290. The van der Waals surface area contributed by atoms with Crippen molar-refractivity contribution in [3.05, 3.63) is 77.5 Å². The zero-order chi connectivity index (χ0) is 17.5. The molecule has 0 amide bonds. The molecule has 0 spiro atoms. The van der Waals surface area contributed by atoms with Crippen LogP contribution in [0, 0.1) is 6.92 Å². The highest BCUT2D eigenvalue weighted by molar-refractivity contribution is 5.88. The number of unbranched alkanes of at least 4 members (excludes halogenated alkanes) is 1. The monoisotopic (exact) mass is 333 g/mol. The maximum absolute atomic E-state index is 8.91. The van der Waals surface area contributed by atoms with Crippen molar-refractivity contribution in [1.82, 2.24) is 4.98 Å². The van der Waals surface area contributed by atoms with Gasteiger partial charge in [0.05, 0.1) is 11.2 Å². The van der Waals surface area contributed by atoms with E-state index in [1.807, 2.05) is 49.4 Å². The molecule has 0 unspecified atom stereocenters. The Hall–Kier alpha value is -2.65.